The molecule has 1 heterocycles. The summed E-state index contributed by atoms with van der Waals surface area (Å²) in [5.41, 5.74) is 0.877. The van der Waals surface area contributed by atoms with Gasteiger partial charge in [0, 0.05) is 33.9 Å². The molecule has 0 aliphatic carbocycles. The Morgan fingerprint density at radius 3 is 2.43 bits per heavy atom. The number of hydrogen-bond acceptors (Lipinski definition) is 5. The van der Waals surface area contributed by atoms with Gasteiger partial charge in [-0.15, -0.1) is 0 Å². The van der Waals surface area contributed by atoms with E-state index in [1.807, 2.05) is 12.1 Å². The second-order valence-electron chi connectivity index (χ2n) is 4.75. The number of ether oxygens (including phenoxy) is 2. The SMILES string of the molecule is CCCNCc1nc(N(CCOC)CCOC)ccc1Cl. The fraction of sp³-hybridized carbons (Fsp3) is 0.667. The highest BCUT2D eigenvalue weighted by atomic mass is 35.5. The Morgan fingerprint density at radius 1 is 1.19 bits per heavy atom. The van der Waals surface area contributed by atoms with Crippen molar-refractivity contribution in [3.05, 3.63) is 22.8 Å². The zero-order valence-electron chi connectivity index (χ0n) is 13.2. The van der Waals surface area contributed by atoms with Crippen molar-refractivity contribution in [1.29, 1.82) is 0 Å². The van der Waals surface area contributed by atoms with Crippen molar-refractivity contribution in [2.75, 3.05) is 52.0 Å². The molecule has 0 saturated carbocycles. The lowest BCUT2D eigenvalue weighted by molar-refractivity contribution is 0.190. The smallest absolute Gasteiger partial charge is 0.129 e. The Morgan fingerprint density at radius 2 is 1.86 bits per heavy atom. The van der Waals surface area contributed by atoms with Crippen molar-refractivity contribution in [1.82, 2.24) is 10.3 Å². The molecular formula is C15H26ClN3O2. The van der Waals surface area contributed by atoms with Crippen molar-refractivity contribution in [3.8, 4) is 0 Å². The summed E-state index contributed by atoms with van der Waals surface area (Å²) in [4.78, 5) is 6.82. The molecule has 0 aliphatic heterocycles. The Balaban J connectivity index is 2.78. The molecule has 0 fully saturated rings. The molecule has 0 aliphatic rings. The average Bonchev–Trinajstić information content (AvgIpc) is 2.50. The van der Waals surface area contributed by atoms with Gasteiger partial charge in [-0.2, -0.15) is 0 Å². The van der Waals surface area contributed by atoms with Gasteiger partial charge >= 0.3 is 0 Å². The van der Waals surface area contributed by atoms with Gasteiger partial charge < -0.3 is 19.7 Å². The molecule has 1 N–H and O–H groups in total. The largest absolute Gasteiger partial charge is 0.383 e. The van der Waals surface area contributed by atoms with E-state index in [1.54, 1.807) is 14.2 Å². The summed E-state index contributed by atoms with van der Waals surface area (Å²) in [7, 11) is 3.40. The van der Waals surface area contributed by atoms with E-state index in [2.05, 4.69) is 22.1 Å². The van der Waals surface area contributed by atoms with Crippen LogP contribution in [-0.2, 0) is 16.0 Å². The second-order valence-corrected chi connectivity index (χ2v) is 5.15. The average molecular weight is 316 g/mol. The van der Waals surface area contributed by atoms with Gasteiger partial charge in [0.2, 0.25) is 0 Å². The summed E-state index contributed by atoms with van der Waals surface area (Å²) < 4.78 is 10.3. The van der Waals surface area contributed by atoms with Crippen LogP contribution >= 0.6 is 11.6 Å². The lowest BCUT2D eigenvalue weighted by atomic mass is 10.3. The predicted molar refractivity (Wildman–Crippen MR) is 87.2 cm³/mol. The quantitative estimate of drug-likeness (QED) is 0.635. The maximum atomic E-state index is 6.22. The molecule has 0 unspecified atom stereocenters. The van der Waals surface area contributed by atoms with Crippen molar-refractivity contribution in [2.45, 2.75) is 19.9 Å². The van der Waals surface area contributed by atoms with Crippen LogP contribution in [0.4, 0.5) is 5.82 Å². The van der Waals surface area contributed by atoms with Crippen molar-refractivity contribution in [2.24, 2.45) is 0 Å². The highest BCUT2D eigenvalue weighted by Crippen LogP contribution is 2.19. The molecule has 0 amide bonds. The van der Waals surface area contributed by atoms with Crippen LogP contribution in [-0.4, -0.2) is 52.1 Å². The first-order chi connectivity index (χ1) is 10.2. The molecule has 21 heavy (non-hydrogen) atoms. The number of halogens is 1. The van der Waals surface area contributed by atoms with Crippen LogP contribution in [0.25, 0.3) is 0 Å². The van der Waals surface area contributed by atoms with E-state index >= 15 is 0 Å². The van der Waals surface area contributed by atoms with E-state index < -0.39 is 0 Å². The summed E-state index contributed by atoms with van der Waals surface area (Å²) >= 11 is 6.22. The minimum Gasteiger partial charge on any atom is -0.383 e. The van der Waals surface area contributed by atoms with E-state index in [0.717, 1.165) is 37.6 Å². The fourth-order valence-corrected chi connectivity index (χ4v) is 2.07. The molecule has 0 atom stereocenters. The van der Waals surface area contributed by atoms with Gasteiger partial charge in [0.15, 0.2) is 0 Å². The first-order valence-corrected chi connectivity index (χ1v) is 7.69. The van der Waals surface area contributed by atoms with E-state index in [-0.39, 0.29) is 0 Å². The van der Waals surface area contributed by atoms with Gasteiger partial charge in [0.25, 0.3) is 0 Å². The fourth-order valence-electron chi connectivity index (χ4n) is 1.90. The van der Waals surface area contributed by atoms with Gasteiger partial charge in [-0.25, -0.2) is 4.98 Å². The predicted octanol–water partition coefficient (Wildman–Crippen LogP) is 2.33. The van der Waals surface area contributed by atoms with Gasteiger partial charge in [0.1, 0.15) is 5.82 Å². The molecule has 5 nitrogen and oxygen atoms in total. The standard InChI is InChI=1S/C15H26ClN3O2/c1-4-7-17-12-14-13(16)5-6-15(18-14)19(8-10-20-2)9-11-21-3/h5-6,17H,4,7-12H2,1-3H3. The van der Waals surface area contributed by atoms with Gasteiger partial charge in [0.05, 0.1) is 23.9 Å². The van der Waals surface area contributed by atoms with Crippen LogP contribution in [0, 0.1) is 0 Å². The Labute approximate surface area is 132 Å². The third-order valence-corrected chi connectivity index (χ3v) is 3.42. The third-order valence-electron chi connectivity index (χ3n) is 3.08. The van der Waals surface area contributed by atoms with Gasteiger partial charge in [-0.3, -0.25) is 0 Å². The van der Waals surface area contributed by atoms with E-state index in [4.69, 9.17) is 21.1 Å². The molecule has 0 bridgehead atoms. The van der Waals surface area contributed by atoms with E-state index in [0.29, 0.717) is 24.8 Å². The van der Waals surface area contributed by atoms with Crippen molar-refractivity contribution >= 4 is 17.4 Å². The van der Waals surface area contributed by atoms with Gasteiger partial charge in [-0.05, 0) is 25.1 Å². The highest BCUT2D eigenvalue weighted by Gasteiger charge is 2.10. The Bertz CT molecular complexity index is 397. The molecule has 0 saturated heterocycles. The van der Waals surface area contributed by atoms with E-state index in [9.17, 15) is 0 Å². The number of anilines is 1. The number of hydrogen-bond donors (Lipinski definition) is 1. The molecule has 1 aromatic heterocycles. The van der Waals surface area contributed by atoms with Crippen LogP contribution in [0.1, 0.15) is 19.0 Å². The number of pyridine rings is 1. The molecular weight excluding hydrogens is 290 g/mol. The first-order valence-electron chi connectivity index (χ1n) is 7.31. The third kappa shape index (κ3) is 6.61. The topological polar surface area (TPSA) is 46.6 Å². The number of nitrogens with zero attached hydrogens (tertiary/aromatic N) is 2. The number of rotatable bonds is 11. The van der Waals surface area contributed by atoms with Crippen LogP contribution in [0.5, 0.6) is 0 Å². The molecule has 0 spiro atoms. The molecule has 1 aromatic rings. The number of nitrogens with one attached hydrogen (secondary N) is 1. The van der Waals surface area contributed by atoms with Gasteiger partial charge in [-0.1, -0.05) is 18.5 Å². The maximum absolute atomic E-state index is 6.22. The Kier molecular flexibility index (Phi) is 9.34. The summed E-state index contributed by atoms with van der Waals surface area (Å²) in [5.74, 6) is 0.904. The molecule has 120 valence electrons. The number of methoxy groups -OCH3 is 2. The lowest BCUT2D eigenvalue weighted by Crippen LogP contribution is -2.31. The highest BCUT2D eigenvalue weighted by molar-refractivity contribution is 6.31. The normalized spacial score (nSPS) is 10.9. The van der Waals surface area contributed by atoms with Crippen molar-refractivity contribution < 1.29 is 9.47 Å². The zero-order valence-corrected chi connectivity index (χ0v) is 13.9. The lowest BCUT2D eigenvalue weighted by Gasteiger charge is -2.24. The van der Waals surface area contributed by atoms with E-state index in [1.165, 1.54) is 0 Å². The molecule has 6 heteroatoms. The Hall–Kier alpha value is -0.880. The minimum atomic E-state index is 0.650. The van der Waals surface area contributed by atoms with Crippen LogP contribution < -0.4 is 10.2 Å². The summed E-state index contributed by atoms with van der Waals surface area (Å²) in [5, 5.41) is 4.03. The van der Waals surface area contributed by atoms with Crippen LogP contribution in [0.15, 0.2) is 12.1 Å². The summed E-state index contributed by atoms with van der Waals surface area (Å²) in [6.07, 6.45) is 1.09. The maximum Gasteiger partial charge on any atom is 0.129 e. The first kappa shape index (κ1) is 18.2. The monoisotopic (exact) mass is 315 g/mol. The molecule has 1 rings (SSSR count). The molecule has 0 radical (unpaired) electrons. The summed E-state index contributed by atoms with van der Waals surface area (Å²) in [6, 6.07) is 3.84. The van der Waals surface area contributed by atoms with Crippen LogP contribution in [0.3, 0.4) is 0 Å². The zero-order chi connectivity index (χ0) is 15.5. The van der Waals surface area contributed by atoms with Crippen LogP contribution in [0.2, 0.25) is 5.02 Å². The summed E-state index contributed by atoms with van der Waals surface area (Å²) in [6.45, 7) is 6.62. The number of aromatic nitrogens is 1. The minimum absolute atomic E-state index is 0.650. The van der Waals surface area contributed by atoms with Crippen molar-refractivity contribution in [3.63, 3.8) is 0 Å². The second kappa shape index (κ2) is 10.8. The molecule has 0 aromatic carbocycles.